The lowest BCUT2D eigenvalue weighted by molar-refractivity contribution is -0.136. The summed E-state index contributed by atoms with van der Waals surface area (Å²) in [6.45, 7) is 2.04. The van der Waals surface area contributed by atoms with Crippen molar-refractivity contribution in [1.82, 2.24) is 0 Å². The van der Waals surface area contributed by atoms with Gasteiger partial charge in [-0.1, -0.05) is 19.1 Å². The zero-order chi connectivity index (χ0) is 12.4. The molecular weight excluding hydrogens is 216 g/mol. The monoisotopic (exact) mass is 232 g/mol. The minimum Gasteiger partial charge on any atom is -0.481 e. The van der Waals surface area contributed by atoms with Gasteiger partial charge in [-0.3, -0.25) is 9.59 Å². The number of hydrogen-bond acceptors (Lipinski definition) is 2. The molecular formula is C14H16O3. The van der Waals surface area contributed by atoms with Crippen molar-refractivity contribution in [2.45, 2.75) is 39.0 Å². The molecule has 0 aliphatic heterocycles. The molecule has 1 aromatic rings. The van der Waals surface area contributed by atoms with E-state index in [0.717, 1.165) is 29.5 Å². The van der Waals surface area contributed by atoms with Crippen LogP contribution in [0.3, 0.4) is 0 Å². The predicted molar refractivity (Wildman–Crippen MR) is 64.2 cm³/mol. The van der Waals surface area contributed by atoms with E-state index in [1.54, 1.807) is 0 Å². The van der Waals surface area contributed by atoms with Crippen molar-refractivity contribution in [1.29, 1.82) is 0 Å². The van der Waals surface area contributed by atoms with Crippen LogP contribution in [0.1, 0.15) is 35.6 Å². The molecule has 1 aliphatic rings. The van der Waals surface area contributed by atoms with E-state index in [9.17, 15) is 9.59 Å². The van der Waals surface area contributed by atoms with Crippen LogP contribution in [0, 0.1) is 0 Å². The van der Waals surface area contributed by atoms with Crippen LogP contribution >= 0.6 is 0 Å². The van der Waals surface area contributed by atoms with Crippen molar-refractivity contribution < 1.29 is 14.7 Å². The van der Waals surface area contributed by atoms with E-state index in [2.05, 4.69) is 0 Å². The van der Waals surface area contributed by atoms with Crippen LogP contribution in [0.2, 0.25) is 0 Å². The molecule has 0 fully saturated rings. The summed E-state index contributed by atoms with van der Waals surface area (Å²) < 4.78 is 0. The molecule has 1 aromatic carbocycles. The fourth-order valence-corrected chi connectivity index (χ4v) is 2.60. The molecule has 1 N–H and O–H groups in total. The second kappa shape index (κ2) is 4.70. The first-order chi connectivity index (χ1) is 8.11. The van der Waals surface area contributed by atoms with Crippen molar-refractivity contribution >= 4 is 11.8 Å². The molecule has 17 heavy (non-hydrogen) atoms. The lowest BCUT2D eigenvalue weighted by Gasteiger charge is -2.20. The van der Waals surface area contributed by atoms with Gasteiger partial charge < -0.3 is 5.11 Å². The lowest BCUT2D eigenvalue weighted by Crippen LogP contribution is -2.17. The zero-order valence-corrected chi connectivity index (χ0v) is 9.95. The highest BCUT2D eigenvalue weighted by Crippen LogP contribution is 2.26. The number of benzene rings is 1. The Balaban J connectivity index is 2.44. The molecule has 3 heteroatoms. The van der Waals surface area contributed by atoms with Crippen LogP contribution in [-0.4, -0.2) is 16.9 Å². The first kappa shape index (κ1) is 11.8. The molecule has 3 nitrogen and oxygen atoms in total. The SMILES string of the molecule is CCc1c(CC(=O)O)ccc2c1CCC(=O)C2. The van der Waals surface area contributed by atoms with E-state index < -0.39 is 5.97 Å². The van der Waals surface area contributed by atoms with Gasteiger partial charge in [0.25, 0.3) is 0 Å². The minimum atomic E-state index is -0.800. The van der Waals surface area contributed by atoms with Gasteiger partial charge in [0.2, 0.25) is 0 Å². The van der Waals surface area contributed by atoms with Gasteiger partial charge in [-0.05, 0) is 35.1 Å². The number of carbonyl (C=O) groups is 2. The first-order valence-corrected chi connectivity index (χ1v) is 5.97. The van der Waals surface area contributed by atoms with Gasteiger partial charge in [0.1, 0.15) is 5.78 Å². The average molecular weight is 232 g/mol. The summed E-state index contributed by atoms with van der Waals surface area (Å²) in [5.41, 5.74) is 4.34. The number of rotatable bonds is 3. The van der Waals surface area contributed by atoms with Crippen LogP contribution in [0.5, 0.6) is 0 Å². The second-order valence-electron chi connectivity index (χ2n) is 4.48. The van der Waals surface area contributed by atoms with Crippen molar-refractivity contribution in [2.24, 2.45) is 0 Å². The van der Waals surface area contributed by atoms with E-state index in [4.69, 9.17) is 5.11 Å². The van der Waals surface area contributed by atoms with E-state index in [0.29, 0.717) is 12.8 Å². The lowest BCUT2D eigenvalue weighted by atomic mass is 9.84. The number of aliphatic carboxylic acids is 1. The number of carbonyl (C=O) groups excluding carboxylic acids is 1. The molecule has 0 heterocycles. The Morgan fingerprint density at radius 3 is 2.76 bits per heavy atom. The quantitative estimate of drug-likeness (QED) is 0.866. The average Bonchev–Trinajstić information content (AvgIpc) is 2.28. The normalized spacial score (nSPS) is 14.5. The largest absolute Gasteiger partial charge is 0.481 e. The summed E-state index contributed by atoms with van der Waals surface area (Å²) in [7, 11) is 0. The maximum absolute atomic E-state index is 11.4. The fraction of sp³-hybridized carbons (Fsp3) is 0.429. The Kier molecular flexibility index (Phi) is 3.27. The Morgan fingerprint density at radius 2 is 2.12 bits per heavy atom. The highest BCUT2D eigenvalue weighted by atomic mass is 16.4. The van der Waals surface area contributed by atoms with Gasteiger partial charge in [0, 0.05) is 12.8 Å². The number of carboxylic acids is 1. The molecule has 0 bridgehead atoms. The highest BCUT2D eigenvalue weighted by Gasteiger charge is 2.20. The van der Waals surface area contributed by atoms with Crippen molar-refractivity contribution in [3.8, 4) is 0 Å². The third-order valence-electron chi connectivity index (χ3n) is 3.36. The number of fused-ring (bicyclic) bond motifs is 1. The maximum atomic E-state index is 11.4. The smallest absolute Gasteiger partial charge is 0.307 e. The summed E-state index contributed by atoms with van der Waals surface area (Å²) in [5, 5.41) is 8.88. The summed E-state index contributed by atoms with van der Waals surface area (Å²) >= 11 is 0. The number of carboxylic acid groups (broad SMARTS) is 1. The number of hydrogen-bond donors (Lipinski definition) is 1. The molecule has 1 aliphatic carbocycles. The van der Waals surface area contributed by atoms with Gasteiger partial charge in [-0.25, -0.2) is 0 Å². The Morgan fingerprint density at radius 1 is 1.35 bits per heavy atom. The summed E-state index contributed by atoms with van der Waals surface area (Å²) in [5.74, 6) is -0.517. The van der Waals surface area contributed by atoms with Crippen LogP contribution in [0.15, 0.2) is 12.1 Å². The molecule has 0 saturated heterocycles. The Bertz CT molecular complexity index is 475. The summed E-state index contributed by atoms with van der Waals surface area (Å²) in [6.07, 6.45) is 2.78. The third kappa shape index (κ3) is 2.38. The second-order valence-corrected chi connectivity index (χ2v) is 4.48. The van der Waals surface area contributed by atoms with Crippen LogP contribution < -0.4 is 0 Å². The zero-order valence-electron chi connectivity index (χ0n) is 9.95. The van der Waals surface area contributed by atoms with Crippen LogP contribution in [0.25, 0.3) is 0 Å². The molecule has 90 valence electrons. The van der Waals surface area contributed by atoms with Crippen LogP contribution in [0.4, 0.5) is 0 Å². The fourth-order valence-electron chi connectivity index (χ4n) is 2.60. The maximum Gasteiger partial charge on any atom is 0.307 e. The number of ketones is 1. The van der Waals surface area contributed by atoms with Gasteiger partial charge in [0.05, 0.1) is 6.42 Å². The molecule has 0 spiro atoms. The standard InChI is InChI=1S/C14H16O3/c1-2-12-10(8-14(16)17)4-3-9-7-11(15)5-6-13(9)12/h3-4H,2,5-8H2,1H3,(H,16,17). The Labute approximate surface area is 100 Å². The van der Waals surface area contributed by atoms with Crippen molar-refractivity contribution in [3.05, 3.63) is 34.4 Å². The Hall–Kier alpha value is -1.64. The first-order valence-electron chi connectivity index (χ1n) is 5.97. The summed E-state index contributed by atoms with van der Waals surface area (Å²) in [4.78, 5) is 22.2. The van der Waals surface area contributed by atoms with Gasteiger partial charge in [-0.2, -0.15) is 0 Å². The van der Waals surface area contributed by atoms with Crippen molar-refractivity contribution in [2.75, 3.05) is 0 Å². The molecule has 0 atom stereocenters. The molecule has 0 amide bonds. The van der Waals surface area contributed by atoms with E-state index in [-0.39, 0.29) is 12.2 Å². The van der Waals surface area contributed by atoms with Gasteiger partial charge >= 0.3 is 5.97 Å². The van der Waals surface area contributed by atoms with Crippen LogP contribution in [-0.2, 0) is 35.3 Å². The van der Waals surface area contributed by atoms with Gasteiger partial charge in [0.15, 0.2) is 0 Å². The van der Waals surface area contributed by atoms with Crippen molar-refractivity contribution in [3.63, 3.8) is 0 Å². The molecule has 0 radical (unpaired) electrons. The highest BCUT2D eigenvalue weighted by molar-refractivity contribution is 5.83. The summed E-state index contributed by atoms with van der Waals surface area (Å²) in [6, 6.07) is 3.79. The predicted octanol–water partition coefficient (Wildman–Crippen LogP) is 1.93. The molecule has 0 unspecified atom stereocenters. The molecule has 2 rings (SSSR count). The van der Waals surface area contributed by atoms with E-state index in [1.165, 1.54) is 5.56 Å². The van der Waals surface area contributed by atoms with E-state index in [1.807, 2.05) is 19.1 Å². The van der Waals surface area contributed by atoms with E-state index >= 15 is 0 Å². The molecule has 0 aromatic heterocycles. The molecule has 0 saturated carbocycles. The number of Topliss-reactive ketones (excluding diaryl/α,β-unsaturated/α-hetero) is 1. The minimum absolute atomic E-state index is 0.0738. The van der Waals surface area contributed by atoms with Gasteiger partial charge in [-0.15, -0.1) is 0 Å². The topological polar surface area (TPSA) is 54.4 Å². The third-order valence-corrected chi connectivity index (χ3v) is 3.36.